The number of anilines is 1. The summed E-state index contributed by atoms with van der Waals surface area (Å²) >= 11 is 0. The summed E-state index contributed by atoms with van der Waals surface area (Å²) in [5.74, 6) is 0.0565. The van der Waals surface area contributed by atoms with E-state index in [2.05, 4.69) is 15.6 Å². The van der Waals surface area contributed by atoms with Crippen LogP contribution >= 0.6 is 0 Å². The van der Waals surface area contributed by atoms with Crippen LogP contribution in [-0.2, 0) is 4.79 Å². The fraction of sp³-hybridized carbons (Fsp3) is 0.333. The van der Waals surface area contributed by atoms with Crippen molar-refractivity contribution in [3.05, 3.63) is 36.0 Å². The van der Waals surface area contributed by atoms with E-state index in [1.165, 1.54) is 0 Å². The Labute approximate surface area is 112 Å². The van der Waals surface area contributed by atoms with Gasteiger partial charge in [0.25, 0.3) is 0 Å². The van der Waals surface area contributed by atoms with Crippen molar-refractivity contribution in [2.24, 2.45) is 0 Å². The Morgan fingerprint density at radius 3 is 2.95 bits per heavy atom. The molecule has 0 atom stereocenters. The van der Waals surface area contributed by atoms with Gasteiger partial charge in [-0.2, -0.15) is 0 Å². The molecular formula is C15H17N3O. The lowest BCUT2D eigenvalue weighted by molar-refractivity contribution is -0.119. The molecule has 0 bridgehead atoms. The second-order valence-corrected chi connectivity index (χ2v) is 5.02. The fourth-order valence-corrected chi connectivity index (χ4v) is 2.14. The summed E-state index contributed by atoms with van der Waals surface area (Å²) in [4.78, 5) is 16.2. The van der Waals surface area contributed by atoms with Crippen molar-refractivity contribution >= 4 is 22.5 Å². The summed E-state index contributed by atoms with van der Waals surface area (Å²) in [6.07, 6.45) is 2.23. The molecule has 2 N–H and O–H groups in total. The molecule has 1 amide bonds. The molecule has 0 aliphatic heterocycles. The van der Waals surface area contributed by atoms with Gasteiger partial charge in [0.2, 0.25) is 5.91 Å². The normalized spacial score (nSPS) is 14.4. The van der Waals surface area contributed by atoms with Crippen molar-refractivity contribution < 1.29 is 4.79 Å². The maximum absolute atomic E-state index is 11.7. The average molecular weight is 255 g/mol. The number of carbonyl (C=O) groups is 1. The van der Waals surface area contributed by atoms with Gasteiger partial charge in [0, 0.05) is 22.8 Å². The first-order valence-electron chi connectivity index (χ1n) is 6.62. The molecule has 3 rings (SSSR count). The number of amides is 1. The molecule has 98 valence electrons. The highest BCUT2D eigenvalue weighted by molar-refractivity contribution is 5.93. The van der Waals surface area contributed by atoms with Crippen LogP contribution < -0.4 is 10.6 Å². The third kappa shape index (κ3) is 2.84. The lowest BCUT2D eigenvalue weighted by Crippen LogP contribution is -2.31. The van der Waals surface area contributed by atoms with Crippen LogP contribution in [0.4, 0.5) is 5.69 Å². The predicted octanol–water partition coefficient (Wildman–Crippen LogP) is 2.23. The molecule has 0 spiro atoms. The second kappa shape index (κ2) is 4.88. The minimum atomic E-state index is 0.0565. The topological polar surface area (TPSA) is 54.0 Å². The molecule has 4 nitrogen and oxygen atoms in total. The van der Waals surface area contributed by atoms with Crippen LogP contribution in [0, 0.1) is 6.92 Å². The molecule has 1 saturated carbocycles. The zero-order valence-electron chi connectivity index (χ0n) is 10.9. The van der Waals surface area contributed by atoms with Gasteiger partial charge in [-0.25, -0.2) is 0 Å². The highest BCUT2D eigenvalue weighted by Crippen LogP contribution is 2.23. The standard InChI is InChI=1S/C15H17N3O/c1-10-8-14(12-4-2-3-5-13(12)17-10)16-9-15(19)18-11-6-7-11/h2-5,8,11H,6-7,9H2,1H3,(H,16,17)(H,18,19). The summed E-state index contributed by atoms with van der Waals surface area (Å²) in [6.45, 7) is 2.27. The van der Waals surface area contributed by atoms with Gasteiger partial charge in [0.05, 0.1) is 12.1 Å². The Morgan fingerprint density at radius 2 is 2.16 bits per heavy atom. The SMILES string of the molecule is Cc1cc(NCC(=O)NC2CC2)c2ccccc2n1. The summed E-state index contributed by atoms with van der Waals surface area (Å²) in [6, 6.07) is 10.3. The van der Waals surface area contributed by atoms with Crippen LogP contribution in [0.5, 0.6) is 0 Å². The smallest absolute Gasteiger partial charge is 0.239 e. The number of hydrogen-bond acceptors (Lipinski definition) is 3. The summed E-state index contributed by atoms with van der Waals surface area (Å²) in [5, 5.41) is 7.23. The number of aromatic nitrogens is 1. The zero-order chi connectivity index (χ0) is 13.2. The number of pyridine rings is 1. The van der Waals surface area contributed by atoms with Crippen molar-refractivity contribution in [3.8, 4) is 0 Å². The molecule has 0 saturated heterocycles. The van der Waals surface area contributed by atoms with E-state index in [4.69, 9.17) is 0 Å². The number of fused-ring (bicyclic) bond motifs is 1. The van der Waals surface area contributed by atoms with Gasteiger partial charge in [-0.3, -0.25) is 9.78 Å². The number of aryl methyl sites for hydroxylation is 1. The molecule has 4 heteroatoms. The number of para-hydroxylation sites is 1. The maximum atomic E-state index is 11.7. The molecule has 2 aromatic rings. The molecule has 1 aliphatic rings. The zero-order valence-corrected chi connectivity index (χ0v) is 10.9. The number of nitrogens with one attached hydrogen (secondary N) is 2. The lowest BCUT2D eigenvalue weighted by Gasteiger charge is -2.10. The van der Waals surface area contributed by atoms with Crippen molar-refractivity contribution in [1.82, 2.24) is 10.3 Å². The molecule has 1 heterocycles. The highest BCUT2D eigenvalue weighted by atomic mass is 16.2. The van der Waals surface area contributed by atoms with Crippen LogP contribution in [0.3, 0.4) is 0 Å². The van der Waals surface area contributed by atoms with E-state index >= 15 is 0 Å². The largest absolute Gasteiger partial charge is 0.376 e. The Bertz CT molecular complexity index is 620. The molecule has 1 aromatic carbocycles. The Hall–Kier alpha value is -2.10. The third-order valence-electron chi connectivity index (χ3n) is 3.23. The van der Waals surface area contributed by atoms with Gasteiger partial charge in [-0.05, 0) is 31.9 Å². The van der Waals surface area contributed by atoms with Crippen LogP contribution in [0.1, 0.15) is 18.5 Å². The van der Waals surface area contributed by atoms with Crippen molar-refractivity contribution in [2.75, 3.05) is 11.9 Å². The quantitative estimate of drug-likeness (QED) is 0.881. The molecule has 0 radical (unpaired) electrons. The van der Waals surface area contributed by atoms with Gasteiger partial charge < -0.3 is 10.6 Å². The highest BCUT2D eigenvalue weighted by Gasteiger charge is 2.22. The lowest BCUT2D eigenvalue weighted by atomic mass is 10.1. The van der Waals surface area contributed by atoms with Gasteiger partial charge in [0.15, 0.2) is 0 Å². The summed E-state index contributed by atoms with van der Waals surface area (Å²) in [5.41, 5.74) is 2.87. The van der Waals surface area contributed by atoms with E-state index in [9.17, 15) is 4.79 Å². The van der Waals surface area contributed by atoms with Crippen molar-refractivity contribution in [2.45, 2.75) is 25.8 Å². The molecule has 1 aromatic heterocycles. The van der Waals surface area contributed by atoms with Gasteiger partial charge in [-0.15, -0.1) is 0 Å². The van der Waals surface area contributed by atoms with Gasteiger partial charge in [0.1, 0.15) is 0 Å². The van der Waals surface area contributed by atoms with E-state index in [0.717, 1.165) is 35.1 Å². The summed E-state index contributed by atoms with van der Waals surface area (Å²) < 4.78 is 0. The Morgan fingerprint density at radius 1 is 1.37 bits per heavy atom. The number of rotatable bonds is 4. The van der Waals surface area contributed by atoms with Crippen LogP contribution in [0.15, 0.2) is 30.3 Å². The van der Waals surface area contributed by atoms with E-state index in [1.807, 2.05) is 37.3 Å². The molecular weight excluding hydrogens is 238 g/mol. The monoisotopic (exact) mass is 255 g/mol. The molecule has 0 unspecified atom stereocenters. The van der Waals surface area contributed by atoms with Crippen molar-refractivity contribution in [3.63, 3.8) is 0 Å². The maximum Gasteiger partial charge on any atom is 0.239 e. The number of nitrogens with zero attached hydrogens (tertiary/aromatic N) is 1. The number of benzene rings is 1. The van der Waals surface area contributed by atoms with Gasteiger partial charge >= 0.3 is 0 Å². The Balaban J connectivity index is 1.77. The Kier molecular flexibility index (Phi) is 3.07. The first-order valence-corrected chi connectivity index (χ1v) is 6.62. The first-order chi connectivity index (χ1) is 9.22. The van der Waals surface area contributed by atoms with E-state index in [1.54, 1.807) is 0 Å². The van der Waals surface area contributed by atoms with Gasteiger partial charge in [-0.1, -0.05) is 18.2 Å². The minimum Gasteiger partial charge on any atom is -0.376 e. The van der Waals surface area contributed by atoms with E-state index in [-0.39, 0.29) is 5.91 Å². The predicted molar refractivity (Wildman–Crippen MR) is 76.1 cm³/mol. The average Bonchev–Trinajstić information content (AvgIpc) is 3.19. The fourth-order valence-electron chi connectivity index (χ4n) is 2.14. The van der Waals surface area contributed by atoms with Crippen LogP contribution in [-0.4, -0.2) is 23.5 Å². The van der Waals surface area contributed by atoms with E-state index in [0.29, 0.717) is 12.6 Å². The van der Waals surface area contributed by atoms with Crippen molar-refractivity contribution in [1.29, 1.82) is 0 Å². The molecule has 19 heavy (non-hydrogen) atoms. The molecule has 1 fully saturated rings. The number of carbonyl (C=O) groups excluding carboxylic acids is 1. The molecule has 1 aliphatic carbocycles. The summed E-state index contributed by atoms with van der Waals surface area (Å²) in [7, 11) is 0. The third-order valence-corrected chi connectivity index (χ3v) is 3.23. The van der Waals surface area contributed by atoms with Crippen LogP contribution in [0.2, 0.25) is 0 Å². The minimum absolute atomic E-state index is 0.0565. The van der Waals surface area contributed by atoms with Crippen LogP contribution in [0.25, 0.3) is 10.9 Å². The second-order valence-electron chi connectivity index (χ2n) is 5.02. The first kappa shape index (κ1) is 12.0. The number of hydrogen-bond donors (Lipinski definition) is 2. The van der Waals surface area contributed by atoms with E-state index < -0.39 is 0 Å².